The van der Waals surface area contributed by atoms with E-state index in [4.69, 9.17) is 5.26 Å². The number of thiazole rings is 1. The van der Waals surface area contributed by atoms with E-state index in [1.54, 1.807) is 11.3 Å². The SMILES string of the molecule is CC(C)(C)c1nc(CC#N)cs1. The van der Waals surface area contributed by atoms with Crippen molar-refractivity contribution in [1.29, 1.82) is 5.26 Å². The molecule has 0 aliphatic heterocycles. The van der Waals surface area contributed by atoms with Crippen molar-refractivity contribution in [3.05, 3.63) is 16.1 Å². The van der Waals surface area contributed by atoms with E-state index in [1.807, 2.05) is 5.38 Å². The van der Waals surface area contributed by atoms with Crippen LogP contribution in [0, 0.1) is 11.3 Å². The van der Waals surface area contributed by atoms with Gasteiger partial charge in [-0.25, -0.2) is 4.98 Å². The van der Waals surface area contributed by atoms with Gasteiger partial charge in [0.15, 0.2) is 0 Å². The third-order valence-corrected chi connectivity index (χ3v) is 2.77. The Labute approximate surface area is 76.9 Å². The first-order valence-corrected chi connectivity index (χ1v) is 4.74. The molecule has 1 rings (SSSR count). The van der Waals surface area contributed by atoms with Crippen molar-refractivity contribution >= 4 is 11.3 Å². The lowest BCUT2D eigenvalue weighted by atomic mass is 9.98. The van der Waals surface area contributed by atoms with Gasteiger partial charge < -0.3 is 0 Å². The molecule has 12 heavy (non-hydrogen) atoms. The van der Waals surface area contributed by atoms with Crippen molar-refractivity contribution in [2.45, 2.75) is 32.6 Å². The summed E-state index contributed by atoms with van der Waals surface area (Å²) in [5, 5.41) is 11.5. The summed E-state index contributed by atoms with van der Waals surface area (Å²) in [6.45, 7) is 6.38. The molecule has 1 aromatic heterocycles. The molecule has 0 saturated heterocycles. The first-order valence-electron chi connectivity index (χ1n) is 3.86. The molecule has 64 valence electrons. The van der Waals surface area contributed by atoms with E-state index in [0.29, 0.717) is 6.42 Å². The Morgan fingerprint density at radius 1 is 1.58 bits per heavy atom. The number of nitrogens with zero attached hydrogens (tertiary/aromatic N) is 2. The van der Waals surface area contributed by atoms with Crippen LogP contribution < -0.4 is 0 Å². The normalized spacial score (nSPS) is 11.2. The molecule has 0 saturated carbocycles. The van der Waals surface area contributed by atoms with Crippen LogP contribution in [0.25, 0.3) is 0 Å². The Bertz CT molecular complexity index is 301. The highest BCUT2D eigenvalue weighted by molar-refractivity contribution is 7.09. The molecular weight excluding hydrogens is 168 g/mol. The Balaban J connectivity index is 2.86. The highest BCUT2D eigenvalue weighted by Crippen LogP contribution is 2.25. The van der Waals surface area contributed by atoms with Gasteiger partial charge in [-0.05, 0) is 0 Å². The van der Waals surface area contributed by atoms with Crippen molar-refractivity contribution < 1.29 is 0 Å². The molecule has 0 spiro atoms. The lowest BCUT2D eigenvalue weighted by molar-refractivity contribution is 0.583. The zero-order valence-electron chi connectivity index (χ0n) is 7.59. The third-order valence-electron chi connectivity index (χ3n) is 1.45. The predicted octanol–water partition coefficient (Wildman–Crippen LogP) is 2.51. The maximum Gasteiger partial charge on any atom is 0.0982 e. The summed E-state index contributed by atoms with van der Waals surface area (Å²) in [7, 11) is 0. The molecule has 0 aromatic carbocycles. The standard InChI is InChI=1S/C9H12N2S/c1-9(2,3)8-11-7(4-5-10)6-12-8/h6H,4H2,1-3H3. The predicted molar refractivity (Wildman–Crippen MR) is 50.1 cm³/mol. The maximum absolute atomic E-state index is 8.45. The van der Waals surface area contributed by atoms with E-state index in [9.17, 15) is 0 Å². The molecule has 0 radical (unpaired) electrons. The second kappa shape index (κ2) is 3.24. The summed E-state index contributed by atoms with van der Waals surface area (Å²) in [5.74, 6) is 0. The van der Waals surface area contributed by atoms with Gasteiger partial charge in [0, 0.05) is 10.8 Å². The smallest absolute Gasteiger partial charge is 0.0982 e. The largest absolute Gasteiger partial charge is 0.245 e. The molecule has 1 heterocycles. The minimum absolute atomic E-state index is 0.109. The quantitative estimate of drug-likeness (QED) is 0.665. The maximum atomic E-state index is 8.45. The fourth-order valence-electron chi connectivity index (χ4n) is 0.814. The summed E-state index contributed by atoms with van der Waals surface area (Å²) in [6.07, 6.45) is 0.423. The first kappa shape index (κ1) is 9.21. The van der Waals surface area contributed by atoms with Gasteiger partial charge in [-0.2, -0.15) is 5.26 Å². The van der Waals surface area contributed by atoms with Gasteiger partial charge in [-0.15, -0.1) is 11.3 Å². The Morgan fingerprint density at radius 2 is 2.25 bits per heavy atom. The van der Waals surface area contributed by atoms with Crippen LogP contribution in [0.4, 0.5) is 0 Å². The van der Waals surface area contributed by atoms with E-state index >= 15 is 0 Å². The van der Waals surface area contributed by atoms with Crippen LogP contribution in [0.3, 0.4) is 0 Å². The highest BCUT2D eigenvalue weighted by Gasteiger charge is 2.17. The van der Waals surface area contributed by atoms with E-state index in [-0.39, 0.29) is 5.41 Å². The average Bonchev–Trinajstić information content (AvgIpc) is 2.35. The fourth-order valence-corrected chi connectivity index (χ4v) is 1.72. The Hall–Kier alpha value is -0.880. The lowest BCUT2D eigenvalue weighted by Crippen LogP contribution is -2.10. The number of nitriles is 1. The van der Waals surface area contributed by atoms with Crippen LogP contribution in [-0.2, 0) is 11.8 Å². The highest BCUT2D eigenvalue weighted by atomic mass is 32.1. The van der Waals surface area contributed by atoms with Crippen molar-refractivity contribution in [2.24, 2.45) is 0 Å². The van der Waals surface area contributed by atoms with Crippen LogP contribution >= 0.6 is 11.3 Å². The van der Waals surface area contributed by atoms with Crippen LogP contribution in [0.5, 0.6) is 0 Å². The third kappa shape index (κ3) is 2.05. The van der Waals surface area contributed by atoms with Crippen molar-refractivity contribution in [2.75, 3.05) is 0 Å². The minimum atomic E-state index is 0.109. The monoisotopic (exact) mass is 180 g/mol. The molecule has 0 fully saturated rings. The van der Waals surface area contributed by atoms with Gasteiger partial charge in [0.05, 0.1) is 23.2 Å². The van der Waals surface area contributed by atoms with Crippen LogP contribution in [-0.4, -0.2) is 4.98 Å². The molecule has 1 aromatic rings. The number of hydrogen-bond acceptors (Lipinski definition) is 3. The zero-order chi connectivity index (χ0) is 9.19. The van der Waals surface area contributed by atoms with E-state index < -0.39 is 0 Å². The molecule has 0 aliphatic carbocycles. The summed E-state index contributed by atoms with van der Waals surface area (Å²) >= 11 is 1.63. The second-order valence-electron chi connectivity index (χ2n) is 3.73. The Kier molecular flexibility index (Phi) is 2.49. The van der Waals surface area contributed by atoms with Gasteiger partial charge in [-0.1, -0.05) is 20.8 Å². The molecule has 0 N–H and O–H groups in total. The van der Waals surface area contributed by atoms with Gasteiger partial charge in [0.2, 0.25) is 0 Å². The van der Waals surface area contributed by atoms with Crippen LogP contribution in [0.15, 0.2) is 5.38 Å². The van der Waals surface area contributed by atoms with Crippen molar-refractivity contribution in [3.63, 3.8) is 0 Å². The van der Waals surface area contributed by atoms with E-state index in [1.165, 1.54) is 0 Å². The zero-order valence-corrected chi connectivity index (χ0v) is 8.40. The molecular formula is C9H12N2S. The van der Waals surface area contributed by atoms with Gasteiger partial charge in [0.25, 0.3) is 0 Å². The molecule has 0 unspecified atom stereocenters. The Morgan fingerprint density at radius 3 is 2.67 bits per heavy atom. The molecule has 0 aliphatic rings. The summed E-state index contributed by atoms with van der Waals surface area (Å²) in [4.78, 5) is 4.37. The molecule has 0 bridgehead atoms. The van der Waals surface area contributed by atoms with E-state index in [2.05, 4.69) is 31.8 Å². The summed E-state index contributed by atoms with van der Waals surface area (Å²) < 4.78 is 0. The minimum Gasteiger partial charge on any atom is -0.245 e. The molecule has 2 nitrogen and oxygen atoms in total. The number of rotatable bonds is 1. The molecule has 3 heteroatoms. The second-order valence-corrected chi connectivity index (χ2v) is 4.59. The van der Waals surface area contributed by atoms with Gasteiger partial charge >= 0.3 is 0 Å². The lowest BCUT2D eigenvalue weighted by Gasteiger charge is -2.13. The summed E-state index contributed by atoms with van der Waals surface area (Å²) in [5.41, 5.74) is 1.01. The first-order chi connectivity index (χ1) is 5.54. The van der Waals surface area contributed by atoms with Crippen molar-refractivity contribution in [3.8, 4) is 6.07 Å². The van der Waals surface area contributed by atoms with Gasteiger partial charge in [0.1, 0.15) is 0 Å². The topological polar surface area (TPSA) is 36.7 Å². The van der Waals surface area contributed by atoms with Crippen LogP contribution in [0.1, 0.15) is 31.5 Å². The van der Waals surface area contributed by atoms with E-state index in [0.717, 1.165) is 10.7 Å². The van der Waals surface area contributed by atoms with Crippen molar-refractivity contribution in [1.82, 2.24) is 4.98 Å². The number of hydrogen-bond donors (Lipinski definition) is 0. The fraction of sp³-hybridized carbons (Fsp3) is 0.556. The summed E-state index contributed by atoms with van der Waals surface area (Å²) in [6, 6.07) is 2.09. The molecule has 0 atom stereocenters. The number of aromatic nitrogens is 1. The van der Waals surface area contributed by atoms with Gasteiger partial charge in [-0.3, -0.25) is 0 Å². The van der Waals surface area contributed by atoms with Crippen LogP contribution in [0.2, 0.25) is 0 Å². The average molecular weight is 180 g/mol. The molecule has 0 amide bonds.